The van der Waals surface area contributed by atoms with Crippen LogP contribution in [0.4, 0.5) is 5.69 Å². The summed E-state index contributed by atoms with van der Waals surface area (Å²) in [6.45, 7) is 1.98. The Kier molecular flexibility index (Phi) is 5.02. The van der Waals surface area contributed by atoms with E-state index in [1.54, 1.807) is 47.5 Å². The first-order valence-electron chi connectivity index (χ1n) is 8.56. The Hall–Kier alpha value is -2.90. The molecular formula is C20H17ClN4O2S. The topological polar surface area (TPSA) is 69.0 Å². The van der Waals surface area contributed by atoms with Crippen LogP contribution in [0.3, 0.4) is 0 Å². The highest BCUT2D eigenvalue weighted by molar-refractivity contribution is 7.13. The van der Waals surface area contributed by atoms with E-state index in [2.05, 4.69) is 21.5 Å². The Labute approximate surface area is 170 Å². The highest BCUT2D eigenvalue weighted by Gasteiger charge is 2.16. The molecule has 0 saturated heterocycles. The van der Waals surface area contributed by atoms with Crippen molar-refractivity contribution >= 4 is 45.6 Å². The number of halogens is 1. The summed E-state index contributed by atoms with van der Waals surface area (Å²) in [7, 11) is 1.54. The van der Waals surface area contributed by atoms with Crippen LogP contribution in [-0.4, -0.2) is 27.8 Å². The smallest absolute Gasteiger partial charge is 0.246 e. The molecule has 0 aliphatic carbocycles. The molecule has 0 radical (unpaired) electrons. The van der Waals surface area contributed by atoms with E-state index in [-0.39, 0.29) is 12.5 Å². The van der Waals surface area contributed by atoms with Crippen molar-refractivity contribution < 1.29 is 9.53 Å². The fourth-order valence-electron chi connectivity index (χ4n) is 3.11. The molecule has 1 amide bonds. The molecule has 0 bridgehead atoms. The number of carbonyl (C=O) groups is 1. The van der Waals surface area contributed by atoms with Crippen LogP contribution in [0.25, 0.3) is 21.5 Å². The van der Waals surface area contributed by atoms with E-state index in [0.717, 1.165) is 21.5 Å². The van der Waals surface area contributed by atoms with Crippen LogP contribution >= 0.6 is 22.9 Å². The molecule has 4 rings (SSSR count). The molecule has 0 unspecified atom stereocenters. The van der Waals surface area contributed by atoms with Gasteiger partial charge in [-0.05, 0) is 42.6 Å². The van der Waals surface area contributed by atoms with Crippen molar-refractivity contribution in [3.63, 3.8) is 0 Å². The maximum absolute atomic E-state index is 12.5. The van der Waals surface area contributed by atoms with Crippen LogP contribution in [-0.2, 0) is 11.3 Å². The number of aryl methyl sites for hydroxylation is 1. The Balaban J connectivity index is 1.61. The summed E-state index contributed by atoms with van der Waals surface area (Å²) in [6, 6.07) is 11.2. The van der Waals surface area contributed by atoms with E-state index >= 15 is 0 Å². The molecule has 4 aromatic rings. The number of anilines is 1. The number of hydrogen-bond acceptors (Lipinski definition) is 5. The van der Waals surface area contributed by atoms with Gasteiger partial charge in [0.1, 0.15) is 12.3 Å². The summed E-state index contributed by atoms with van der Waals surface area (Å²) in [5.74, 6) is 0.340. The Morgan fingerprint density at radius 3 is 2.89 bits per heavy atom. The number of aromatic nitrogens is 3. The monoisotopic (exact) mass is 412 g/mol. The summed E-state index contributed by atoms with van der Waals surface area (Å²) in [6.07, 6.45) is 1.75. The van der Waals surface area contributed by atoms with Crippen molar-refractivity contribution in [3.05, 3.63) is 58.7 Å². The van der Waals surface area contributed by atoms with Crippen molar-refractivity contribution in [2.24, 2.45) is 0 Å². The van der Waals surface area contributed by atoms with Gasteiger partial charge in [0.2, 0.25) is 5.91 Å². The summed E-state index contributed by atoms with van der Waals surface area (Å²) in [5, 5.41) is 10.8. The second-order valence-corrected chi connectivity index (χ2v) is 7.53. The number of benzene rings is 1. The molecule has 0 fully saturated rings. The van der Waals surface area contributed by atoms with Crippen molar-refractivity contribution in [2.45, 2.75) is 13.5 Å². The van der Waals surface area contributed by atoms with E-state index < -0.39 is 0 Å². The van der Waals surface area contributed by atoms with Gasteiger partial charge in [-0.15, -0.1) is 11.3 Å². The lowest BCUT2D eigenvalue weighted by molar-refractivity contribution is -0.116. The van der Waals surface area contributed by atoms with E-state index in [1.807, 2.05) is 24.4 Å². The van der Waals surface area contributed by atoms with Gasteiger partial charge in [0.05, 0.1) is 23.2 Å². The van der Waals surface area contributed by atoms with E-state index in [9.17, 15) is 4.79 Å². The van der Waals surface area contributed by atoms with Crippen molar-refractivity contribution in [1.82, 2.24) is 14.8 Å². The molecule has 1 aromatic carbocycles. The normalized spacial score (nSPS) is 11.0. The zero-order valence-corrected chi connectivity index (χ0v) is 16.8. The number of nitrogens with one attached hydrogen (secondary N) is 1. The number of methoxy groups -OCH3 is 1. The first-order chi connectivity index (χ1) is 13.6. The average Bonchev–Trinajstić information content (AvgIpc) is 3.31. The Morgan fingerprint density at radius 2 is 2.18 bits per heavy atom. The Morgan fingerprint density at radius 1 is 1.32 bits per heavy atom. The number of amides is 1. The number of fused-ring (bicyclic) bond motifs is 1. The summed E-state index contributed by atoms with van der Waals surface area (Å²) in [4.78, 5) is 18.1. The molecule has 28 heavy (non-hydrogen) atoms. The first kappa shape index (κ1) is 18.5. The van der Waals surface area contributed by atoms with Gasteiger partial charge in [-0.3, -0.25) is 4.79 Å². The lowest BCUT2D eigenvalue weighted by Crippen LogP contribution is -2.19. The summed E-state index contributed by atoms with van der Waals surface area (Å²) >= 11 is 7.78. The molecule has 0 aliphatic heterocycles. The molecule has 3 aromatic heterocycles. The third kappa shape index (κ3) is 3.46. The second kappa shape index (κ2) is 7.61. The minimum atomic E-state index is -0.214. The number of ether oxygens (including phenoxy) is 1. The highest BCUT2D eigenvalue weighted by atomic mass is 35.5. The standard InChI is InChI=1S/C20H17ClN4O2S/c1-12-19-14(17-4-3-9-28-17)7-8-22-20(19)25(24-12)11-18(26)23-13-5-6-16(27-2)15(21)10-13/h3-10H,11H2,1-2H3,(H,23,26). The number of nitrogens with zero attached hydrogens (tertiary/aromatic N) is 3. The molecule has 1 N–H and O–H groups in total. The number of carbonyl (C=O) groups excluding carboxylic acids is 1. The van der Waals surface area contributed by atoms with Gasteiger partial charge in [-0.1, -0.05) is 17.7 Å². The minimum absolute atomic E-state index is 0.0505. The molecular weight excluding hydrogens is 396 g/mol. The van der Waals surface area contributed by atoms with Crippen molar-refractivity contribution in [2.75, 3.05) is 12.4 Å². The molecule has 0 spiro atoms. The van der Waals surface area contributed by atoms with Crippen molar-refractivity contribution in [1.29, 1.82) is 0 Å². The third-order valence-corrected chi connectivity index (χ3v) is 5.52. The van der Waals surface area contributed by atoms with E-state index in [4.69, 9.17) is 16.3 Å². The van der Waals surface area contributed by atoms with Gasteiger partial charge in [0.25, 0.3) is 0 Å². The maximum atomic E-state index is 12.5. The maximum Gasteiger partial charge on any atom is 0.246 e. The molecule has 0 saturated carbocycles. The largest absolute Gasteiger partial charge is 0.495 e. The van der Waals surface area contributed by atoms with Gasteiger partial charge in [0, 0.05) is 22.3 Å². The lowest BCUT2D eigenvalue weighted by atomic mass is 10.1. The van der Waals surface area contributed by atoms with Crippen LogP contribution in [0.5, 0.6) is 5.75 Å². The molecule has 0 atom stereocenters. The van der Waals surface area contributed by atoms with Crippen LogP contribution in [0, 0.1) is 6.92 Å². The Bertz CT molecular complexity index is 1150. The second-order valence-electron chi connectivity index (χ2n) is 6.17. The fourth-order valence-corrected chi connectivity index (χ4v) is 4.13. The predicted octanol–water partition coefficient (Wildman–Crippen LogP) is 4.77. The van der Waals surface area contributed by atoms with Gasteiger partial charge < -0.3 is 10.1 Å². The van der Waals surface area contributed by atoms with Crippen LogP contribution in [0.15, 0.2) is 48.0 Å². The molecule has 8 heteroatoms. The van der Waals surface area contributed by atoms with Crippen molar-refractivity contribution in [3.8, 4) is 16.2 Å². The number of thiophene rings is 1. The summed E-state index contributed by atoms with van der Waals surface area (Å²) in [5.41, 5.74) is 3.19. The van der Waals surface area contributed by atoms with Gasteiger partial charge >= 0.3 is 0 Å². The number of rotatable bonds is 5. The van der Waals surface area contributed by atoms with E-state index in [0.29, 0.717) is 22.1 Å². The summed E-state index contributed by atoms with van der Waals surface area (Å²) < 4.78 is 6.75. The van der Waals surface area contributed by atoms with Crippen LogP contribution < -0.4 is 10.1 Å². The highest BCUT2D eigenvalue weighted by Crippen LogP contribution is 2.32. The average molecular weight is 413 g/mol. The third-order valence-electron chi connectivity index (χ3n) is 4.32. The molecule has 3 heterocycles. The SMILES string of the molecule is COc1ccc(NC(=O)Cn2nc(C)c3c(-c4cccs4)ccnc32)cc1Cl. The predicted molar refractivity (Wildman–Crippen MR) is 112 cm³/mol. The molecule has 6 nitrogen and oxygen atoms in total. The van der Waals surface area contributed by atoms with Gasteiger partial charge in [-0.25, -0.2) is 9.67 Å². The number of pyridine rings is 1. The first-order valence-corrected chi connectivity index (χ1v) is 9.82. The lowest BCUT2D eigenvalue weighted by Gasteiger charge is -2.08. The van der Waals surface area contributed by atoms with Gasteiger partial charge in [-0.2, -0.15) is 5.10 Å². The van der Waals surface area contributed by atoms with E-state index in [1.165, 1.54) is 0 Å². The number of hydrogen-bond donors (Lipinski definition) is 1. The van der Waals surface area contributed by atoms with Gasteiger partial charge in [0.15, 0.2) is 5.65 Å². The molecule has 0 aliphatic rings. The zero-order chi connectivity index (χ0) is 19.7. The van der Waals surface area contributed by atoms with Crippen LogP contribution in [0.1, 0.15) is 5.69 Å². The quantitative estimate of drug-likeness (QED) is 0.512. The van der Waals surface area contributed by atoms with Crippen LogP contribution in [0.2, 0.25) is 5.02 Å². The minimum Gasteiger partial charge on any atom is -0.495 e. The fraction of sp³-hybridized carbons (Fsp3) is 0.150. The zero-order valence-electron chi connectivity index (χ0n) is 15.3. The molecule has 142 valence electrons.